The van der Waals surface area contributed by atoms with Crippen LogP contribution in [0.25, 0.3) is 0 Å². The Morgan fingerprint density at radius 2 is 2.10 bits per heavy atom. The van der Waals surface area contributed by atoms with Crippen LogP contribution >= 0.6 is 0 Å². The summed E-state index contributed by atoms with van der Waals surface area (Å²) in [6.07, 6.45) is 1.60. The third kappa shape index (κ3) is 2.84. The number of carbonyl (C=O) groups excluding carboxylic acids is 1. The summed E-state index contributed by atoms with van der Waals surface area (Å²) in [6, 6.07) is 4.28. The van der Waals surface area contributed by atoms with Crippen molar-refractivity contribution in [1.29, 1.82) is 0 Å². The number of sulfonamides is 1. The third-order valence-corrected chi connectivity index (χ3v) is 5.30. The zero-order valence-electron chi connectivity index (χ0n) is 11.2. The molecule has 110 valence electrons. The van der Waals surface area contributed by atoms with Gasteiger partial charge >= 0.3 is 0 Å². The molecule has 0 atom stereocenters. The number of aryl methyl sites for hydroxylation is 1. The van der Waals surface area contributed by atoms with Gasteiger partial charge in [0.15, 0.2) is 0 Å². The SMILES string of the molecule is Cc1ccc(S(=O)(=O)N(CCO)C2CC2)cc1C(N)=O. The van der Waals surface area contributed by atoms with E-state index in [1.54, 1.807) is 13.0 Å². The fraction of sp³-hybridized carbons (Fsp3) is 0.462. The van der Waals surface area contributed by atoms with Crippen LogP contribution in [0.15, 0.2) is 23.1 Å². The quantitative estimate of drug-likeness (QED) is 0.785. The number of primary amides is 1. The van der Waals surface area contributed by atoms with Gasteiger partial charge in [-0.25, -0.2) is 8.42 Å². The minimum absolute atomic E-state index is 0.0391. The number of carbonyl (C=O) groups is 1. The van der Waals surface area contributed by atoms with Crippen LogP contribution in [0.4, 0.5) is 0 Å². The van der Waals surface area contributed by atoms with Crippen molar-refractivity contribution in [3.8, 4) is 0 Å². The molecule has 20 heavy (non-hydrogen) atoms. The van der Waals surface area contributed by atoms with Crippen LogP contribution in [0.2, 0.25) is 0 Å². The second kappa shape index (κ2) is 5.51. The molecule has 0 bridgehead atoms. The number of hydrogen-bond donors (Lipinski definition) is 2. The van der Waals surface area contributed by atoms with E-state index in [0.29, 0.717) is 5.56 Å². The molecule has 1 amide bonds. The second-order valence-corrected chi connectivity index (χ2v) is 6.80. The predicted octanol–water partition coefficient (Wildman–Crippen LogP) is 0.239. The number of aliphatic hydroxyl groups excluding tert-OH is 1. The molecule has 7 heteroatoms. The largest absolute Gasteiger partial charge is 0.395 e. The van der Waals surface area contributed by atoms with Gasteiger partial charge in [-0.2, -0.15) is 4.31 Å². The van der Waals surface area contributed by atoms with E-state index in [2.05, 4.69) is 0 Å². The van der Waals surface area contributed by atoms with E-state index in [1.807, 2.05) is 0 Å². The highest BCUT2D eigenvalue weighted by Crippen LogP contribution is 2.32. The molecular weight excluding hydrogens is 280 g/mol. The van der Waals surface area contributed by atoms with Crippen LogP contribution in [0.5, 0.6) is 0 Å². The molecule has 0 aromatic heterocycles. The van der Waals surface area contributed by atoms with Crippen molar-refractivity contribution in [2.45, 2.75) is 30.7 Å². The van der Waals surface area contributed by atoms with Crippen molar-refractivity contribution < 1.29 is 18.3 Å². The first-order valence-corrected chi connectivity index (χ1v) is 7.85. The molecule has 0 spiro atoms. The smallest absolute Gasteiger partial charge is 0.249 e. The standard InChI is InChI=1S/C13H18N2O4S/c1-9-2-5-11(8-12(9)13(14)17)20(18,19)15(6-7-16)10-3-4-10/h2,5,8,10,16H,3-4,6-7H2,1H3,(H2,14,17). The number of aliphatic hydroxyl groups is 1. The Hall–Kier alpha value is -1.44. The van der Waals surface area contributed by atoms with Crippen molar-refractivity contribution in [2.75, 3.05) is 13.2 Å². The van der Waals surface area contributed by atoms with Gasteiger partial charge in [0.05, 0.1) is 11.5 Å². The molecule has 1 aliphatic rings. The first-order chi connectivity index (χ1) is 9.37. The lowest BCUT2D eigenvalue weighted by molar-refractivity contribution is 0.0999. The van der Waals surface area contributed by atoms with Gasteiger partial charge in [-0.1, -0.05) is 6.07 Å². The van der Waals surface area contributed by atoms with E-state index in [-0.39, 0.29) is 29.7 Å². The minimum atomic E-state index is -3.71. The number of nitrogens with two attached hydrogens (primary N) is 1. The molecule has 0 aliphatic heterocycles. The summed E-state index contributed by atoms with van der Waals surface area (Å²) in [5.74, 6) is -0.653. The summed E-state index contributed by atoms with van der Waals surface area (Å²) < 4.78 is 26.4. The Bertz CT molecular complexity index is 623. The van der Waals surface area contributed by atoms with Gasteiger partial charge in [0.1, 0.15) is 0 Å². The average molecular weight is 298 g/mol. The maximum Gasteiger partial charge on any atom is 0.249 e. The molecule has 3 N–H and O–H groups in total. The molecule has 2 rings (SSSR count). The van der Waals surface area contributed by atoms with Crippen LogP contribution < -0.4 is 5.73 Å². The summed E-state index contributed by atoms with van der Waals surface area (Å²) in [7, 11) is -3.71. The second-order valence-electron chi connectivity index (χ2n) is 4.91. The van der Waals surface area contributed by atoms with E-state index in [4.69, 9.17) is 10.8 Å². The summed E-state index contributed by atoms with van der Waals surface area (Å²) in [6.45, 7) is 1.53. The van der Waals surface area contributed by atoms with Gasteiger partial charge in [0, 0.05) is 18.2 Å². The highest BCUT2D eigenvalue weighted by molar-refractivity contribution is 7.89. The first-order valence-electron chi connectivity index (χ1n) is 6.41. The maximum absolute atomic E-state index is 12.6. The van der Waals surface area contributed by atoms with Crippen molar-refractivity contribution in [3.63, 3.8) is 0 Å². The van der Waals surface area contributed by atoms with Gasteiger partial charge in [-0.3, -0.25) is 4.79 Å². The first kappa shape index (κ1) is 15.0. The van der Waals surface area contributed by atoms with Crippen molar-refractivity contribution in [2.24, 2.45) is 5.73 Å². The number of benzene rings is 1. The highest BCUT2D eigenvalue weighted by atomic mass is 32.2. The monoisotopic (exact) mass is 298 g/mol. The van der Waals surface area contributed by atoms with Gasteiger partial charge in [-0.15, -0.1) is 0 Å². The zero-order chi connectivity index (χ0) is 14.9. The van der Waals surface area contributed by atoms with Crippen LogP contribution in [-0.4, -0.2) is 42.9 Å². The third-order valence-electron chi connectivity index (χ3n) is 3.36. The van der Waals surface area contributed by atoms with Gasteiger partial charge in [-0.05, 0) is 37.5 Å². The number of hydrogen-bond acceptors (Lipinski definition) is 4. The Morgan fingerprint density at radius 3 is 2.60 bits per heavy atom. The van der Waals surface area contributed by atoms with Crippen molar-refractivity contribution in [3.05, 3.63) is 29.3 Å². The number of rotatable bonds is 6. The average Bonchev–Trinajstić information content (AvgIpc) is 3.19. The molecule has 1 fully saturated rings. The fourth-order valence-electron chi connectivity index (χ4n) is 2.12. The molecule has 6 nitrogen and oxygen atoms in total. The molecule has 0 heterocycles. The molecule has 0 unspecified atom stereocenters. The lowest BCUT2D eigenvalue weighted by Gasteiger charge is -2.21. The number of amides is 1. The molecule has 1 aromatic rings. The summed E-state index contributed by atoms with van der Waals surface area (Å²) in [5, 5.41) is 9.03. The number of nitrogens with zero attached hydrogens (tertiary/aromatic N) is 1. The predicted molar refractivity (Wildman–Crippen MR) is 73.7 cm³/mol. The zero-order valence-corrected chi connectivity index (χ0v) is 12.1. The molecule has 1 aromatic carbocycles. The summed E-state index contributed by atoms with van der Waals surface area (Å²) in [5.41, 5.74) is 6.08. The Balaban J connectivity index is 2.42. The summed E-state index contributed by atoms with van der Waals surface area (Å²) >= 11 is 0. The van der Waals surface area contributed by atoms with E-state index in [9.17, 15) is 13.2 Å². The highest BCUT2D eigenvalue weighted by Gasteiger charge is 2.37. The molecule has 1 saturated carbocycles. The lowest BCUT2D eigenvalue weighted by Crippen LogP contribution is -2.35. The van der Waals surface area contributed by atoms with Crippen LogP contribution in [0, 0.1) is 6.92 Å². The fourth-order valence-corrected chi connectivity index (χ4v) is 3.83. The Labute approximate surface area is 118 Å². The summed E-state index contributed by atoms with van der Waals surface area (Å²) in [4.78, 5) is 11.4. The van der Waals surface area contributed by atoms with E-state index < -0.39 is 15.9 Å². The Morgan fingerprint density at radius 1 is 1.45 bits per heavy atom. The van der Waals surface area contributed by atoms with Crippen LogP contribution in [0.1, 0.15) is 28.8 Å². The molecule has 1 aliphatic carbocycles. The molecule has 0 saturated heterocycles. The Kier molecular flexibility index (Phi) is 4.12. The van der Waals surface area contributed by atoms with Gasteiger partial charge < -0.3 is 10.8 Å². The van der Waals surface area contributed by atoms with E-state index >= 15 is 0 Å². The van der Waals surface area contributed by atoms with Gasteiger partial charge in [0.25, 0.3) is 0 Å². The van der Waals surface area contributed by atoms with E-state index in [0.717, 1.165) is 12.8 Å². The van der Waals surface area contributed by atoms with Crippen molar-refractivity contribution >= 4 is 15.9 Å². The van der Waals surface area contributed by atoms with Crippen LogP contribution in [0.3, 0.4) is 0 Å². The van der Waals surface area contributed by atoms with Crippen LogP contribution in [-0.2, 0) is 10.0 Å². The lowest BCUT2D eigenvalue weighted by atomic mass is 10.1. The van der Waals surface area contributed by atoms with Gasteiger partial charge in [0.2, 0.25) is 15.9 Å². The maximum atomic E-state index is 12.6. The topological polar surface area (TPSA) is 101 Å². The molecule has 0 radical (unpaired) electrons. The van der Waals surface area contributed by atoms with E-state index in [1.165, 1.54) is 16.4 Å². The molecular formula is C13H18N2O4S. The normalized spacial score (nSPS) is 15.6. The minimum Gasteiger partial charge on any atom is -0.395 e. The van der Waals surface area contributed by atoms with Crippen molar-refractivity contribution in [1.82, 2.24) is 4.31 Å².